The third kappa shape index (κ3) is 1.72. The van der Waals surface area contributed by atoms with Gasteiger partial charge < -0.3 is 9.15 Å². The van der Waals surface area contributed by atoms with Crippen LogP contribution in [0.2, 0.25) is 0 Å². The van der Waals surface area contributed by atoms with E-state index in [1.165, 1.54) is 5.57 Å². The van der Waals surface area contributed by atoms with Crippen molar-refractivity contribution >= 4 is 11.0 Å². The highest BCUT2D eigenvalue weighted by atomic mass is 16.5. The fraction of sp³-hybridized carbons (Fsp3) is 0.176. The maximum Gasteiger partial charge on any atom is 0.134 e. The van der Waals surface area contributed by atoms with Crippen LogP contribution in [0.25, 0.3) is 11.0 Å². The lowest BCUT2D eigenvalue weighted by atomic mass is 9.97. The molecule has 0 saturated heterocycles. The van der Waals surface area contributed by atoms with Crippen molar-refractivity contribution in [2.24, 2.45) is 0 Å². The molecule has 2 heteroatoms. The summed E-state index contributed by atoms with van der Waals surface area (Å²) in [4.78, 5) is 0. The zero-order valence-corrected chi connectivity index (χ0v) is 10.5. The normalized spacial score (nSPS) is 21.6. The van der Waals surface area contributed by atoms with E-state index in [9.17, 15) is 0 Å². The molecule has 2 nitrogen and oxygen atoms in total. The van der Waals surface area contributed by atoms with Crippen LogP contribution in [-0.4, -0.2) is 0 Å². The number of fused-ring (bicyclic) bond motifs is 2. The topological polar surface area (TPSA) is 22.4 Å². The molecular formula is C17H14O2. The van der Waals surface area contributed by atoms with E-state index in [1.807, 2.05) is 30.5 Å². The molecule has 0 spiro atoms. The summed E-state index contributed by atoms with van der Waals surface area (Å²) in [6.45, 7) is 0. The first-order chi connectivity index (χ1) is 9.42. The van der Waals surface area contributed by atoms with Crippen LogP contribution in [0.3, 0.4) is 0 Å². The summed E-state index contributed by atoms with van der Waals surface area (Å²) in [5, 5.41) is 1.15. The number of rotatable bonds is 1. The Balaban J connectivity index is 1.74. The zero-order valence-electron chi connectivity index (χ0n) is 10.5. The van der Waals surface area contributed by atoms with Crippen LogP contribution in [0, 0.1) is 0 Å². The number of ether oxygens (including phenoxy) is 1. The lowest BCUT2D eigenvalue weighted by Gasteiger charge is -2.26. The molecule has 0 bridgehead atoms. The number of allylic oxidation sites excluding steroid dienone is 4. The number of hydrogen-bond acceptors (Lipinski definition) is 2. The molecule has 1 atom stereocenters. The number of para-hydroxylation sites is 1. The van der Waals surface area contributed by atoms with Crippen LogP contribution in [0.1, 0.15) is 24.5 Å². The van der Waals surface area contributed by atoms with Crippen molar-refractivity contribution in [3.05, 3.63) is 71.7 Å². The highest BCUT2D eigenvalue weighted by Crippen LogP contribution is 2.38. The Morgan fingerprint density at radius 2 is 2.11 bits per heavy atom. The Kier molecular flexibility index (Phi) is 2.34. The fourth-order valence-electron chi connectivity index (χ4n) is 2.75. The summed E-state index contributed by atoms with van der Waals surface area (Å²) >= 11 is 0. The lowest BCUT2D eigenvalue weighted by molar-refractivity contribution is 0.115. The summed E-state index contributed by atoms with van der Waals surface area (Å²) in [6.07, 6.45) is 12.3. The standard InChI is InChI=1S/C17H14O2/c1-3-7-15-12(5-1)9-10-17(19-15)14-11-18-16-8-4-2-6-13(14)16/h1-4,6-9,11,17H,5,10H2. The molecule has 2 aromatic rings. The molecule has 0 radical (unpaired) electrons. The van der Waals surface area contributed by atoms with Gasteiger partial charge in [-0.3, -0.25) is 0 Å². The molecule has 2 heterocycles. The minimum atomic E-state index is 0.0603. The van der Waals surface area contributed by atoms with Gasteiger partial charge in [0.1, 0.15) is 17.4 Å². The van der Waals surface area contributed by atoms with Crippen LogP contribution >= 0.6 is 0 Å². The van der Waals surface area contributed by atoms with E-state index in [0.29, 0.717) is 0 Å². The molecule has 1 aromatic carbocycles. The minimum absolute atomic E-state index is 0.0603. The predicted octanol–water partition coefficient (Wildman–Crippen LogP) is 4.66. The van der Waals surface area contributed by atoms with Gasteiger partial charge in [0.2, 0.25) is 0 Å². The average Bonchev–Trinajstić information content (AvgIpc) is 2.91. The quantitative estimate of drug-likeness (QED) is 0.734. The van der Waals surface area contributed by atoms with Gasteiger partial charge in [-0.05, 0) is 24.1 Å². The first kappa shape index (κ1) is 10.7. The molecule has 1 aliphatic carbocycles. The Morgan fingerprint density at radius 1 is 1.16 bits per heavy atom. The highest BCUT2D eigenvalue weighted by molar-refractivity contribution is 5.81. The van der Waals surface area contributed by atoms with E-state index in [2.05, 4.69) is 24.3 Å². The van der Waals surface area contributed by atoms with Gasteiger partial charge in [0.25, 0.3) is 0 Å². The molecule has 0 saturated carbocycles. The summed E-state index contributed by atoms with van der Waals surface area (Å²) < 4.78 is 11.7. The first-order valence-corrected chi connectivity index (χ1v) is 6.61. The largest absolute Gasteiger partial charge is 0.485 e. The van der Waals surface area contributed by atoms with Gasteiger partial charge in [0.05, 0.1) is 6.26 Å². The van der Waals surface area contributed by atoms with E-state index in [1.54, 1.807) is 0 Å². The second kappa shape index (κ2) is 4.16. The fourth-order valence-corrected chi connectivity index (χ4v) is 2.75. The Hall–Kier alpha value is -2.22. The van der Waals surface area contributed by atoms with Crippen molar-refractivity contribution in [3.63, 3.8) is 0 Å². The Morgan fingerprint density at radius 3 is 3.11 bits per heavy atom. The minimum Gasteiger partial charge on any atom is -0.485 e. The summed E-state index contributed by atoms with van der Waals surface area (Å²) in [5.74, 6) is 1.00. The molecule has 2 aliphatic rings. The van der Waals surface area contributed by atoms with Gasteiger partial charge >= 0.3 is 0 Å². The van der Waals surface area contributed by atoms with E-state index in [-0.39, 0.29) is 6.10 Å². The highest BCUT2D eigenvalue weighted by Gasteiger charge is 2.24. The van der Waals surface area contributed by atoms with Crippen molar-refractivity contribution in [2.75, 3.05) is 0 Å². The van der Waals surface area contributed by atoms with E-state index in [0.717, 1.165) is 35.1 Å². The summed E-state index contributed by atoms with van der Waals surface area (Å²) in [6, 6.07) is 8.11. The lowest BCUT2D eigenvalue weighted by Crippen LogP contribution is -2.11. The maximum absolute atomic E-state index is 6.12. The number of furan rings is 1. The molecule has 0 N–H and O–H groups in total. The molecule has 94 valence electrons. The van der Waals surface area contributed by atoms with Crippen LogP contribution in [0.15, 0.2) is 70.6 Å². The molecule has 19 heavy (non-hydrogen) atoms. The third-order valence-electron chi connectivity index (χ3n) is 3.74. The molecule has 0 amide bonds. The molecule has 0 fully saturated rings. The maximum atomic E-state index is 6.12. The summed E-state index contributed by atoms with van der Waals surface area (Å²) in [5.41, 5.74) is 3.36. The van der Waals surface area contributed by atoms with E-state index in [4.69, 9.17) is 9.15 Å². The van der Waals surface area contributed by atoms with Gasteiger partial charge in [0, 0.05) is 17.4 Å². The van der Waals surface area contributed by atoms with Crippen LogP contribution in [-0.2, 0) is 4.74 Å². The smallest absolute Gasteiger partial charge is 0.134 e. The van der Waals surface area contributed by atoms with Crippen LogP contribution in [0.5, 0.6) is 0 Å². The molecule has 1 unspecified atom stereocenters. The van der Waals surface area contributed by atoms with Gasteiger partial charge in [-0.1, -0.05) is 36.4 Å². The van der Waals surface area contributed by atoms with Crippen molar-refractivity contribution in [1.29, 1.82) is 0 Å². The third-order valence-corrected chi connectivity index (χ3v) is 3.74. The van der Waals surface area contributed by atoms with Gasteiger partial charge in [0.15, 0.2) is 0 Å². The molecule has 1 aliphatic heterocycles. The summed E-state index contributed by atoms with van der Waals surface area (Å²) in [7, 11) is 0. The van der Waals surface area contributed by atoms with Crippen molar-refractivity contribution in [2.45, 2.75) is 18.9 Å². The molecular weight excluding hydrogens is 236 g/mol. The van der Waals surface area contributed by atoms with E-state index >= 15 is 0 Å². The Labute approximate surface area is 111 Å². The molecule has 1 aromatic heterocycles. The number of hydrogen-bond donors (Lipinski definition) is 0. The second-order valence-corrected chi connectivity index (χ2v) is 4.92. The van der Waals surface area contributed by atoms with Crippen LogP contribution < -0.4 is 0 Å². The van der Waals surface area contributed by atoms with Crippen molar-refractivity contribution < 1.29 is 9.15 Å². The molecule has 4 rings (SSSR count). The van der Waals surface area contributed by atoms with Crippen molar-refractivity contribution in [1.82, 2.24) is 0 Å². The average molecular weight is 250 g/mol. The van der Waals surface area contributed by atoms with Crippen molar-refractivity contribution in [3.8, 4) is 0 Å². The van der Waals surface area contributed by atoms with E-state index < -0.39 is 0 Å². The Bertz CT molecular complexity index is 716. The first-order valence-electron chi connectivity index (χ1n) is 6.61. The van der Waals surface area contributed by atoms with Gasteiger partial charge in [-0.2, -0.15) is 0 Å². The predicted molar refractivity (Wildman–Crippen MR) is 74.6 cm³/mol. The SMILES string of the molecule is C1=CCC2=CCC(c3coc4ccccc34)OC2=C1. The second-order valence-electron chi connectivity index (χ2n) is 4.92. The monoisotopic (exact) mass is 250 g/mol. The van der Waals surface area contributed by atoms with Crippen LogP contribution in [0.4, 0.5) is 0 Å². The van der Waals surface area contributed by atoms with Gasteiger partial charge in [-0.25, -0.2) is 0 Å². The zero-order chi connectivity index (χ0) is 12.7. The number of benzene rings is 1. The van der Waals surface area contributed by atoms with Gasteiger partial charge in [-0.15, -0.1) is 0 Å².